The van der Waals surface area contributed by atoms with Gasteiger partial charge in [0, 0.05) is 27.7 Å². The molecule has 1 atom stereocenters. The van der Waals surface area contributed by atoms with Crippen molar-refractivity contribution in [3.63, 3.8) is 0 Å². The zero-order chi connectivity index (χ0) is 27.8. The minimum Gasteiger partial charge on any atom is -0.507 e. The van der Waals surface area contributed by atoms with Crippen LogP contribution >= 0.6 is 23.2 Å². The largest absolute Gasteiger partial charge is 0.507 e. The van der Waals surface area contributed by atoms with Crippen LogP contribution in [0.2, 0.25) is 10.0 Å². The monoisotopic (exact) mass is 569 g/mol. The molecular weight excluding hydrogens is 545 g/mol. The van der Waals surface area contributed by atoms with Gasteiger partial charge in [0.15, 0.2) is 0 Å². The highest BCUT2D eigenvalue weighted by Gasteiger charge is 2.42. The Labute approximate surface area is 241 Å². The second-order valence-electron chi connectivity index (χ2n) is 9.75. The van der Waals surface area contributed by atoms with Crippen LogP contribution in [0.4, 0.5) is 0 Å². The van der Waals surface area contributed by atoms with Crippen molar-refractivity contribution in [3.8, 4) is 22.8 Å². The predicted octanol–water partition coefficient (Wildman–Crippen LogP) is 7.72. The number of aromatic hydroxyl groups is 1. The number of phenols is 1. The average molecular weight is 570 g/mol. The first-order chi connectivity index (χ1) is 19.4. The van der Waals surface area contributed by atoms with Crippen LogP contribution < -0.4 is 4.74 Å². The Bertz CT molecular complexity index is 1700. The number of H-pyrrole nitrogens is 1. The maximum absolute atomic E-state index is 13.8. The first-order valence-corrected chi connectivity index (χ1v) is 13.5. The number of benzene rings is 4. The van der Waals surface area contributed by atoms with Gasteiger partial charge >= 0.3 is 0 Å². The molecule has 8 heteroatoms. The van der Waals surface area contributed by atoms with Crippen LogP contribution in [0.25, 0.3) is 11.3 Å². The number of halogens is 2. The topological polar surface area (TPSA) is 78.5 Å². The smallest absolute Gasteiger partial charge is 0.273 e. The van der Waals surface area contributed by atoms with E-state index in [-0.39, 0.29) is 18.2 Å². The lowest BCUT2D eigenvalue weighted by Gasteiger charge is -2.27. The molecule has 0 saturated heterocycles. The summed E-state index contributed by atoms with van der Waals surface area (Å²) in [7, 11) is 0. The summed E-state index contributed by atoms with van der Waals surface area (Å²) in [5.74, 6) is 0.544. The fraction of sp³-hybridized carbons (Fsp3) is 0.125. The Hall–Kier alpha value is -4.26. The van der Waals surface area contributed by atoms with Crippen LogP contribution in [0.1, 0.15) is 44.3 Å². The number of hydrogen-bond donors (Lipinski definition) is 2. The molecule has 4 aromatic carbocycles. The number of fused-ring (bicyclic) bond motifs is 1. The lowest BCUT2D eigenvalue weighted by Crippen LogP contribution is -2.29. The van der Waals surface area contributed by atoms with Crippen molar-refractivity contribution in [3.05, 3.63) is 135 Å². The Morgan fingerprint density at radius 2 is 1.68 bits per heavy atom. The van der Waals surface area contributed by atoms with Gasteiger partial charge in [-0.2, -0.15) is 5.10 Å². The van der Waals surface area contributed by atoms with E-state index in [4.69, 9.17) is 27.9 Å². The number of carbonyl (C=O) groups is 1. The summed E-state index contributed by atoms with van der Waals surface area (Å²) in [5, 5.41) is 19.3. The number of rotatable bonds is 7. The van der Waals surface area contributed by atoms with Gasteiger partial charge in [-0.05, 0) is 59.5 Å². The second kappa shape index (κ2) is 10.7. The molecule has 1 aliphatic rings. The number of carbonyl (C=O) groups excluding carboxylic acids is 1. The van der Waals surface area contributed by atoms with E-state index in [0.717, 1.165) is 22.3 Å². The summed E-state index contributed by atoms with van der Waals surface area (Å²) in [6.45, 7) is 2.56. The van der Waals surface area contributed by atoms with Crippen molar-refractivity contribution in [2.75, 3.05) is 0 Å². The van der Waals surface area contributed by atoms with Gasteiger partial charge in [0.05, 0.1) is 6.04 Å². The normalized spacial score (nSPS) is 14.4. The zero-order valence-corrected chi connectivity index (χ0v) is 23.1. The predicted molar refractivity (Wildman–Crippen MR) is 156 cm³/mol. The van der Waals surface area contributed by atoms with Crippen LogP contribution in [0, 0.1) is 6.92 Å². The van der Waals surface area contributed by atoms with Gasteiger partial charge in [-0.1, -0.05) is 83.9 Å². The summed E-state index contributed by atoms with van der Waals surface area (Å²) in [6.07, 6.45) is 0. The van der Waals surface area contributed by atoms with E-state index >= 15 is 0 Å². The van der Waals surface area contributed by atoms with Gasteiger partial charge in [-0.25, -0.2) is 0 Å². The van der Waals surface area contributed by atoms with Crippen LogP contribution in [0.5, 0.6) is 11.5 Å². The van der Waals surface area contributed by atoms with Gasteiger partial charge in [0.1, 0.15) is 29.5 Å². The fourth-order valence-corrected chi connectivity index (χ4v) is 5.42. The van der Waals surface area contributed by atoms with Gasteiger partial charge in [-0.3, -0.25) is 9.89 Å². The molecule has 1 amide bonds. The zero-order valence-electron chi connectivity index (χ0n) is 21.6. The highest BCUT2D eigenvalue weighted by Crippen LogP contribution is 2.46. The molecule has 200 valence electrons. The number of amides is 1. The van der Waals surface area contributed by atoms with Gasteiger partial charge in [0.2, 0.25) is 0 Å². The molecule has 6 rings (SSSR count). The maximum atomic E-state index is 13.8. The summed E-state index contributed by atoms with van der Waals surface area (Å²) < 4.78 is 5.99. The number of aryl methyl sites for hydroxylation is 1. The second-order valence-corrected chi connectivity index (χ2v) is 10.6. The van der Waals surface area contributed by atoms with E-state index in [1.165, 1.54) is 0 Å². The molecule has 0 spiro atoms. The molecule has 0 fully saturated rings. The third-order valence-electron chi connectivity index (χ3n) is 7.14. The Kier molecular flexibility index (Phi) is 6.96. The first kappa shape index (κ1) is 26.0. The van der Waals surface area contributed by atoms with Crippen molar-refractivity contribution >= 4 is 29.1 Å². The number of nitrogens with zero attached hydrogens (tertiary/aromatic N) is 2. The molecule has 0 saturated carbocycles. The third-order valence-corrected chi connectivity index (χ3v) is 7.91. The Morgan fingerprint density at radius 1 is 0.950 bits per heavy atom. The molecule has 0 radical (unpaired) electrons. The van der Waals surface area contributed by atoms with E-state index in [9.17, 15) is 9.90 Å². The summed E-state index contributed by atoms with van der Waals surface area (Å²) >= 11 is 12.9. The number of ether oxygens (including phenoxy) is 1. The number of aromatic amines is 1. The quantitative estimate of drug-likeness (QED) is 0.210. The van der Waals surface area contributed by atoms with Crippen molar-refractivity contribution in [1.29, 1.82) is 0 Å². The molecule has 1 unspecified atom stereocenters. The van der Waals surface area contributed by atoms with E-state index in [1.807, 2.05) is 85.8 Å². The highest BCUT2D eigenvalue weighted by atomic mass is 35.5. The molecule has 5 aromatic rings. The number of aromatic nitrogens is 2. The van der Waals surface area contributed by atoms with Crippen molar-refractivity contribution in [2.45, 2.75) is 26.1 Å². The summed E-state index contributed by atoms with van der Waals surface area (Å²) in [4.78, 5) is 15.5. The molecule has 1 aromatic heterocycles. The van der Waals surface area contributed by atoms with Crippen molar-refractivity contribution < 1.29 is 14.6 Å². The lowest BCUT2D eigenvalue weighted by atomic mass is 9.95. The van der Waals surface area contributed by atoms with Crippen LogP contribution in [0.15, 0.2) is 91.0 Å². The molecular formula is C32H25Cl2N3O3. The summed E-state index contributed by atoms with van der Waals surface area (Å²) in [6, 6.07) is 27.9. The van der Waals surface area contributed by atoms with E-state index in [1.54, 1.807) is 17.0 Å². The summed E-state index contributed by atoms with van der Waals surface area (Å²) in [5.41, 5.74) is 5.47. The minimum absolute atomic E-state index is 0.0385. The Morgan fingerprint density at radius 3 is 2.42 bits per heavy atom. The molecule has 0 bridgehead atoms. The van der Waals surface area contributed by atoms with Gasteiger partial charge in [-0.15, -0.1) is 0 Å². The van der Waals surface area contributed by atoms with Crippen LogP contribution in [-0.4, -0.2) is 26.1 Å². The highest BCUT2D eigenvalue weighted by molar-refractivity contribution is 6.32. The van der Waals surface area contributed by atoms with E-state index in [2.05, 4.69) is 10.2 Å². The number of phenolic OH excluding ortho intramolecular Hbond substituents is 1. The van der Waals surface area contributed by atoms with Crippen molar-refractivity contribution in [1.82, 2.24) is 15.1 Å². The van der Waals surface area contributed by atoms with E-state index in [0.29, 0.717) is 44.9 Å². The van der Waals surface area contributed by atoms with Crippen molar-refractivity contribution in [2.24, 2.45) is 0 Å². The van der Waals surface area contributed by atoms with Crippen LogP contribution in [-0.2, 0) is 13.2 Å². The molecule has 6 nitrogen and oxygen atoms in total. The fourth-order valence-electron chi connectivity index (χ4n) is 5.06. The van der Waals surface area contributed by atoms with Crippen LogP contribution in [0.3, 0.4) is 0 Å². The maximum Gasteiger partial charge on any atom is 0.273 e. The molecule has 40 heavy (non-hydrogen) atoms. The minimum atomic E-state index is -0.491. The molecule has 1 aliphatic heterocycles. The van der Waals surface area contributed by atoms with Gasteiger partial charge in [0.25, 0.3) is 5.91 Å². The standard InChI is InChI=1S/C32H25Cl2N3O3/c1-19-15-27(38)24(16-26(19)34)29-28-30(36-35-29)32(39)37(17-22-9-5-6-10-25(22)33)31(28)21-11-13-23(14-12-21)40-18-20-7-3-2-4-8-20/h2-16,31,38H,17-18H2,1H3,(H,35,36). The van der Waals surface area contributed by atoms with E-state index < -0.39 is 6.04 Å². The first-order valence-electron chi connectivity index (χ1n) is 12.8. The molecule has 0 aliphatic carbocycles. The third kappa shape index (κ3) is 4.81. The molecule has 2 heterocycles. The Balaban J connectivity index is 1.40. The van der Waals surface area contributed by atoms with Gasteiger partial charge < -0.3 is 14.7 Å². The average Bonchev–Trinajstić information content (AvgIpc) is 3.50. The lowest BCUT2D eigenvalue weighted by molar-refractivity contribution is 0.0730. The number of hydrogen-bond acceptors (Lipinski definition) is 4. The SMILES string of the molecule is Cc1cc(O)c(-c2n[nH]c3c2C(c2ccc(OCc4ccccc4)cc2)N(Cc2ccccc2Cl)C3=O)cc1Cl. The number of nitrogens with one attached hydrogen (secondary N) is 1. The molecule has 2 N–H and O–H groups in total.